The average Bonchev–Trinajstić information content (AvgIpc) is 2.97. The van der Waals surface area contributed by atoms with E-state index in [1.165, 1.54) is 24.5 Å². The third-order valence-corrected chi connectivity index (χ3v) is 3.74. The summed E-state index contributed by atoms with van der Waals surface area (Å²) in [6.45, 7) is 0. The van der Waals surface area contributed by atoms with E-state index < -0.39 is 5.82 Å². The van der Waals surface area contributed by atoms with Gasteiger partial charge in [0.2, 0.25) is 5.13 Å². The van der Waals surface area contributed by atoms with E-state index in [9.17, 15) is 4.39 Å². The molecule has 0 atom stereocenters. The van der Waals surface area contributed by atoms with Crippen LogP contribution in [-0.2, 0) is 0 Å². The summed E-state index contributed by atoms with van der Waals surface area (Å²) in [5.41, 5.74) is 1.60. The quantitative estimate of drug-likeness (QED) is 0.788. The normalized spacial score (nSPS) is 10.4. The molecule has 0 saturated carbocycles. The highest BCUT2D eigenvalue weighted by atomic mass is 32.1. The standard InChI is InChI=1S/C15H12FN3OS/c1-20-13-8-7-10(9-12(13)16)14-18-19-15(21-14)17-11-5-3-2-4-6-11/h2-9H,1H3,(H,17,19). The number of nitrogens with one attached hydrogen (secondary N) is 1. The van der Waals surface area contributed by atoms with Gasteiger partial charge in [-0.3, -0.25) is 0 Å². The molecule has 0 aliphatic rings. The van der Waals surface area contributed by atoms with Crippen molar-refractivity contribution in [3.63, 3.8) is 0 Å². The Morgan fingerprint density at radius 1 is 1.10 bits per heavy atom. The minimum Gasteiger partial charge on any atom is -0.494 e. The molecule has 0 fully saturated rings. The Kier molecular flexibility index (Phi) is 3.79. The number of para-hydroxylation sites is 1. The van der Waals surface area contributed by atoms with Crippen LogP contribution in [0.5, 0.6) is 5.75 Å². The first-order valence-corrected chi connectivity index (χ1v) is 7.07. The fourth-order valence-corrected chi connectivity index (χ4v) is 2.59. The first-order chi connectivity index (χ1) is 10.3. The summed E-state index contributed by atoms with van der Waals surface area (Å²) in [6.07, 6.45) is 0. The maximum Gasteiger partial charge on any atom is 0.210 e. The van der Waals surface area contributed by atoms with Crippen LogP contribution in [0.1, 0.15) is 0 Å². The molecule has 21 heavy (non-hydrogen) atoms. The Morgan fingerprint density at radius 2 is 1.90 bits per heavy atom. The van der Waals surface area contributed by atoms with E-state index in [2.05, 4.69) is 15.5 Å². The summed E-state index contributed by atoms with van der Waals surface area (Å²) in [6, 6.07) is 14.4. The Balaban J connectivity index is 1.83. The lowest BCUT2D eigenvalue weighted by atomic mass is 10.2. The summed E-state index contributed by atoms with van der Waals surface area (Å²) in [7, 11) is 1.44. The number of anilines is 2. The molecule has 1 heterocycles. The lowest BCUT2D eigenvalue weighted by molar-refractivity contribution is 0.386. The third-order valence-electron chi connectivity index (χ3n) is 2.85. The zero-order valence-electron chi connectivity index (χ0n) is 11.2. The summed E-state index contributed by atoms with van der Waals surface area (Å²) >= 11 is 1.36. The number of hydrogen-bond donors (Lipinski definition) is 1. The smallest absolute Gasteiger partial charge is 0.210 e. The van der Waals surface area contributed by atoms with E-state index in [1.807, 2.05) is 30.3 Å². The van der Waals surface area contributed by atoms with Crippen LogP contribution in [0, 0.1) is 5.82 Å². The van der Waals surface area contributed by atoms with Gasteiger partial charge in [-0.15, -0.1) is 10.2 Å². The lowest BCUT2D eigenvalue weighted by Crippen LogP contribution is -1.88. The average molecular weight is 301 g/mol. The van der Waals surface area contributed by atoms with Crippen molar-refractivity contribution in [2.75, 3.05) is 12.4 Å². The molecular formula is C15H12FN3OS. The van der Waals surface area contributed by atoms with Gasteiger partial charge in [-0.25, -0.2) is 4.39 Å². The fourth-order valence-electron chi connectivity index (χ4n) is 1.83. The van der Waals surface area contributed by atoms with Gasteiger partial charge < -0.3 is 10.1 Å². The second-order valence-electron chi connectivity index (χ2n) is 4.25. The maximum absolute atomic E-state index is 13.7. The van der Waals surface area contributed by atoms with Crippen molar-refractivity contribution in [3.8, 4) is 16.3 Å². The molecule has 0 aliphatic heterocycles. The second-order valence-corrected chi connectivity index (χ2v) is 5.23. The summed E-state index contributed by atoms with van der Waals surface area (Å²) in [4.78, 5) is 0. The van der Waals surface area contributed by atoms with Crippen molar-refractivity contribution in [1.82, 2.24) is 10.2 Å². The molecule has 4 nitrogen and oxygen atoms in total. The molecule has 0 bridgehead atoms. The number of rotatable bonds is 4. The number of methoxy groups -OCH3 is 1. The van der Waals surface area contributed by atoms with E-state index >= 15 is 0 Å². The van der Waals surface area contributed by atoms with Gasteiger partial charge in [0, 0.05) is 11.3 Å². The predicted octanol–water partition coefficient (Wildman–Crippen LogP) is 4.10. The number of aromatic nitrogens is 2. The molecular weight excluding hydrogens is 289 g/mol. The Bertz CT molecular complexity index is 746. The van der Waals surface area contributed by atoms with Crippen molar-refractivity contribution in [2.24, 2.45) is 0 Å². The van der Waals surface area contributed by atoms with Crippen LogP contribution in [0.3, 0.4) is 0 Å². The van der Waals surface area contributed by atoms with E-state index in [1.54, 1.807) is 12.1 Å². The van der Waals surface area contributed by atoms with Gasteiger partial charge in [-0.1, -0.05) is 29.5 Å². The number of ether oxygens (including phenoxy) is 1. The summed E-state index contributed by atoms with van der Waals surface area (Å²) in [5.74, 6) is -0.200. The number of benzene rings is 2. The zero-order chi connectivity index (χ0) is 14.7. The molecule has 0 unspecified atom stereocenters. The van der Waals surface area contributed by atoms with Crippen LogP contribution in [0.2, 0.25) is 0 Å². The minimum absolute atomic E-state index is 0.214. The van der Waals surface area contributed by atoms with Crippen LogP contribution in [-0.4, -0.2) is 17.3 Å². The number of hydrogen-bond acceptors (Lipinski definition) is 5. The molecule has 1 N–H and O–H groups in total. The molecule has 0 aliphatic carbocycles. The molecule has 3 aromatic rings. The third kappa shape index (κ3) is 3.00. The molecule has 1 aromatic heterocycles. The maximum atomic E-state index is 13.7. The van der Waals surface area contributed by atoms with E-state index in [0.717, 1.165) is 5.69 Å². The molecule has 0 radical (unpaired) electrons. The molecule has 0 saturated heterocycles. The molecule has 106 valence electrons. The Labute approximate surface area is 125 Å². The molecule has 0 spiro atoms. The van der Waals surface area contributed by atoms with Gasteiger partial charge in [0.1, 0.15) is 5.01 Å². The van der Waals surface area contributed by atoms with Gasteiger partial charge in [0.05, 0.1) is 7.11 Å². The van der Waals surface area contributed by atoms with Crippen LogP contribution in [0.25, 0.3) is 10.6 Å². The van der Waals surface area contributed by atoms with Crippen molar-refractivity contribution < 1.29 is 9.13 Å². The second kappa shape index (κ2) is 5.88. The van der Waals surface area contributed by atoms with Gasteiger partial charge in [0.15, 0.2) is 11.6 Å². The van der Waals surface area contributed by atoms with Gasteiger partial charge in [-0.2, -0.15) is 0 Å². The Hall–Kier alpha value is -2.47. The highest BCUT2D eigenvalue weighted by Gasteiger charge is 2.10. The molecule has 0 amide bonds. The lowest BCUT2D eigenvalue weighted by Gasteiger charge is -2.02. The van der Waals surface area contributed by atoms with E-state index in [4.69, 9.17) is 4.74 Å². The molecule has 6 heteroatoms. The predicted molar refractivity (Wildman–Crippen MR) is 81.6 cm³/mol. The fraction of sp³-hybridized carbons (Fsp3) is 0.0667. The summed E-state index contributed by atoms with van der Waals surface area (Å²) in [5, 5.41) is 12.6. The van der Waals surface area contributed by atoms with Gasteiger partial charge >= 0.3 is 0 Å². The zero-order valence-corrected chi connectivity index (χ0v) is 12.0. The van der Waals surface area contributed by atoms with Crippen LogP contribution >= 0.6 is 11.3 Å². The first kappa shape index (κ1) is 13.5. The highest BCUT2D eigenvalue weighted by molar-refractivity contribution is 7.18. The Morgan fingerprint density at radius 3 is 2.62 bits per heavy atom. The van der Waals surface area contributed by atoms with E-state index in [0.29, 0.717) is 15.7 Å². The molecule has 3 rings (SSSR count). The van der Waals surface area contributed by atoms with Crippen molar-refractivity contribution >= 4 is 22.2 Å². The topological polar surface area (TPSA) is 47.0 Å². The van der Waals surface area contributed by atoms with Gasteiger partial charge in [-0.05, 0) is 30.3 Å². The van der Waals surface area contributed by atoms with Crippen molar-refractivity contribution in [2.45, 2.75) is 0 Å². The van der Waals surface area contributed by atoms with Crippen LogP contribution in [0.4, 0.5) is 15.2 Å². The van der Waals surface area contributed by atoms with Gasteiger partial charge in [0.25, 0.3) is 0 Å². The van der Waals surface area contributed by atoms with Crippen molar-refractivity contribution in [1.29, 1.82) is 0 Å². The largest absolute Gasteiger partial charge is 0.494 e. The minimum atomic E-state index is -0.414. The van der Waals surface area contributed by atoms with Crippen LogP contribution in [0.15, 0.2) is 48.5 Å². The van der Waals surface area contributed by atoms with Crippen molar-refractivity contribution in [3.05, 3.63) is 54.3 Å². The number of nitrogens with zero attached hydrogens (tertiary/aromatic N) is 2. The summed E-state index contributed by atoms with van der Waals surface area (Å²) < 4.78 is 18.6. The first-order valence-electron chi connectivity index (χ1n) is 6.26. The monoisotopic (exact) mass is 301 g/mol. The SMILES string of the molecule is COc1ccc(-c2nnc(Nc3ccccc3)s2)cc1F. The van der Waals surface area contributed by atoms with E-state index in [-0.39, 0.29) is 5.75 Å². The molecule has 2 aromatic carbocycles. The highest BCUT2D eigenvalue weighted by Crippen LogP contribution is 2.30. The number of halogens is 1. The van der Waals surface area contributed by atoms with Crippen LogP contribution < -0.4 is 10.1 Å².